The lowest BCUT2D eigenvalue weighted by Gasteiger charge is -2.10. The van der Waals surface area contributed by atoms with E-state index in [1.54, 1.807) is 12.1 Å². The molecule has 0 unspecified atom stereocenters. The number of carbonyl (C=O) groups excluding carboxylic acids is 1. The lowest BCUT2D eigenvalue weighted by atomic mass is 10.2. The predicted molar refractivity (Wildman–Crippen MR) is 103 cm³/mol. The maximum absolute atomic E-state index is 12.2. The molecule has 27 heavy (non-hydrogen) atoms. The molecule has 10 heteroatoms. The molecule has 0 aromatic heterocycles. The number of anilines is 2. The maximum atomic E-state index is 12.2. The van der Waals surface area contributed by atoms with Crippen LogP contribution in [0.25, 0.3) is 0 Å². The second-order valence-corrected chi connectivity index (χ2v) is 4.93. The highest BCUT2D eigenvalue weighted by Gasteiger charge is 2.07. The first-order chi connectivity index (χ1) is 12.9. The number of nitrogens with zero attached hydrogens (tertiary/aromatic N) is 1. The molecule has 0 heterocycles. The summed E-state index contributed by atoms with van der Waals surface area (Å²) in [6.45, 7) is -0.290. The van der Waals surface area contributed by atoms with Gasteiger partial charge in [-0.3, -0.25) is 5.41 Å². The molecule has 0 saturated heterocycles. The first-order valence-electron chi connectivity index (χ1n) is 7.79. The normalized spacial score (nSPS) is 9.67. The Morgan fingerprint density at radius 3 is 2.37 bits per heavy atom. The predicted octanol–water partition coefficient (Wildman–Crippen LogP) is 4.75. The number of amides is 2. The van der Waals surface area contributed by atoms with Gasteiger partial charge < -0.3 is 21.1 Å². The van der Waals surface area contributed by atoms with Crippen molar-refractivity contribution in [2.45, 2.75) is 13.5 Å². The van der Waals surface area contributed by atoms with Crippen molar-refractivity contribution < 1.29 is 21.2 Å². The molecule has 6 N–H and O–H groups in total. The third kappa shape index (κ3) is 8.01. The third-order valence-electron chi connectivity index (χ3n) is 2.85. The molecule has 0 saturated carbocycles. The van der Waals surface area contributed by atoms with Gasteiger partial charge in [0.2, 0.25) is 0 Å². The van der Waals surface area contributed by atoms with Crippen molar-refractivity contribution in [3.05, 3.63) is 54.1 Å². The number of hydrogen-bond donors (Lipinski definition) is 5. The molecule has 0 aliphatic rings. The van der Waals surface area contributed by atoms with Crippen molar-refractivity contribution >= 4 is 23.2 Å². The number of amidine groups is 1. The largest absolute Gasteiger partial charge is 0.435 e. The van der Waals surface area contributed by atoms with Crippen molar-refractivity contribution in [3.63, 3.8) is 0 Å². The topological polar surface area (TPSA) is 136 Å². The summed E-state index contributed by atoms with van der Waals surface area (Å²) < 4.78 is 28.6. The van der Waals surface area contributed by atoms with Crippen molar-refractivity contribution in [1.29, 1.82) is 10.9 Å². The molecule has 0 fully saturated rings. The summed E-state index contributed by atoms with van der Waals surface area (Å²) in [6.07, 6.45) is 0. The molecule has 0 atom stereocenters. The average molecular weight is 382 g/mol. The molecule has 2 rings (SSSR count). The van der Waals surface area contributed by atoms with Crippen molar-refractivity contribution in [1.82, 2.24) is 0 Å². The average Bonchev–Trinajstić information content (AvgIpc) is 2.62. The molecule has 0 bridgehead atoms. The van der Waals surface area contributed by atoms with Crippen LogP contribution >= 0.6 is 0 Å². The van der Waals surface area contributed by atoms with Crippen LogP contribution in [-0.4, -0.2) is 25.0 Å². The summed E-state index contributed by atoms with van der Waals surface area (Å²) in [5.74, 6) is -0.258. The van der Waals surface area contributed by atoms with Crippen LogP contribution in [0.3, 0.4) is 0 Å². The van der Waals surface area contributed by atoms with Crippen molar-refractivity contribution in [3.8, 4) is 5.75 Å². The van der Waals surface area contributed by atoms with E-state index in [1.807, 2.05) is 6.92 Å². The Morgan fingerprint density at radius 1 is 1.22 bits per heavy atom. The molecule has 0 aliphatic heterocycles. The fourth-order valence-corrected chi connectivity index (χ4v) is 1.82. The Kier molecular flexibility index (Phi) is 9.03. The zero-order valence-corrected chi connectivity index (χ0v) is 14.5. The summed E-state index contributed by atoms with van der Waals surface area (Å²) in [4.78, 5) is 11.9. The number of urea groups is 1. The van der Waals surface area contributed by atoms with Gasteiger partial charge in [-0.2, -0.15) is 8.78 Å². The maximum Gasteiger partial charge on any atom is 0.387 e. The van der Waals surface area contributed by atoms with Crippen molar-refractivity contribution in [2.24, 2.45) is 10.8 Å². The monoisotopic (exact) mass is 382 g/mol. The lowest BCUT2D eigenvalue weighted by molar-refractivity contribution is -0.0497. The Labute approximate surface area is 157 Å². The number of benzene rings is 2. The van der Waals surface area contributed by atoms with Crippen molar-refractivity contribution in [2.75, 3.05) is 17.2 Å². The highest BCUT2D eigenvalue weighted by atomic mass is 19.3. The number of halogens is 2. The fraction of sp³-hybridized carbons (Fsp3) is 0.176. The quantitative estimate of drug-likeness (QED) is 0.290. The molecule has 0 aliphatic carbocycles. The molecular formula is C17H24F2N6O2. The van der Waals surface area contributed by atoms with Gasteiger partial charge in [-0.1, -0.05) is 13.0 Å². The molecule has 0 spiro atoms. The second kappa shape index (κ2) is 11.3. The number of nitrogens with one attached hydrogen (secondary N) is 4. The van der Waals surface area contributed by atoms with Crippen LogP contribution in [0.1, 0.15) is 15.3 Å². The zero-order chi connectivity index (χ0) is 20.2. The van der Waals surface area contributed by atoms with E-state index in [9.17, 15) is 13.6 Å². The molecule has 8 nitrogen and oxygen atoms in total. The van der Waals surface area contributed by atoms with E-state index < -0.39 is 12.6 Å². The lowest BCUT2D eigenvalue weighted by Crippen LogP contribution is -2.19. The minimum absolute atomic E-state index is 0. The number of carbonyl (C=O) groups is 1. The van der Waals surface area contributed by atoms with Gasteiger partial charge >= 0.3 is 12.6 Å². The zero-order valence-electron chi connectivity index (χ0n) is 14.5. The Morgan fingerprint density at radius 2 is 1.81 bits per heavy atom. The van der Waals surface area contributed by atoms with Crippen LogP contribution in [0.5, 0.6) is 5.75 Å². The first-order valence-corrected chi connectivity index (χ1v) is 7.79. The minimum atomic E-state index is -2.94. The second-order valence-electron chi connectivity index (χ2n) is 4.93. The standard InChI is InChI=1S/C15H13F2N5O2.C2H7N.2H2/c16-14(17)24-12-3-1-2-11(8-12)21-15(23)20-10-6-4-9(5-7-10)13(18)22-19;1-2-3;;/h1-8,14,18-19H,(H2,20,21,23);2-3H2,1H3;2*1H. The van der Waals surface area contributed by atoms with E-state index in [2.05, 4.69) is 20.5 Å². The van der Waals surface area contributed by atoms with E-state index in [0.29, 0.717) is 11.3 Å². The van der Waals surface area contributed by atoms with Gasteiger partial charge in [0.25, 0.3) is 0 Å². The van der Waals surface area contributed by atoms with Crippen LogP contribution in [0.2, 0.25) is 0 Å². The number of nitrogens with two attached hydrogens (primary N) is 1. The summed E-state index contributed by atoms with van der Waals surface area (Å²) >= 11 is 0. The van der Waals surface area contributed by atoms with E-state index in [0.717, 1.165) is 6.54 Å². The number of alkyl halides is 2. The summed E-state index contributed by atoms with van der Waals surface area (Å²) in [7, 11) is 0. The van der Waals surface area contributed by atoms with Gasteiger partial charge in [0.15, 0.2) is 5.84 Å². The molecule has 2 aromatic carbocycles. The Bertz CT molecular complexity index is 779. The van der Waals surface area contributed by atoms with E-state index in [4.69, 9.17) is 16.7 Å². The minimum Gasteiger partial charge on any atom is -0.435 e. The number of ether oxygens (including phenoxy) is 1. The van der Waals surface area contributed by atoms with Crippen LogP contribution < -0.4 is 21.1 Å². The van der Waals surface area contributed by atoms with Gasteiger partial charge in [0, 0.05) is 25.9 Å². The third-order valence-corrected chi connectivity index (χ3v) is 2.85. The van der Waals surface area contributed by atoms with Gasteiger partial charge in [-0.05, 0) is 42.9 Å². The Balaban J connectivity index is 0. The summed E-state index contributed by atoms with van der Waals surface area (Å²) in [6, 6.07) is 11.2. The fourth-order valence-electron chi connectivity index (χ4n) is 1.82. The van der Waals surface area contributed by atoms with Gasteiger partial charge in [0.1, 0.15) is 5.75 Å². The smallest absolute Gasteiger partial charge is 0.387 e. The SMILES string of the molecule is CCN.N=NC(=N)c1ccc(NC(=O)Nc2cccc(OC(F)F)c2)cc1.[HH].[HH]. The summed E-state index contributed by atoms with van der Waals surface area (Å²) in [5.41, 5.74) is 12.8. The van der Waals surface area contributed by atoms with Gasteiger partial charge in [-0.15, -0.1) is 5.11 Å². The van der Waals surface area contributed by atoms with E-state index >= 15 is 0 Å². The Hall–Kier alpha value is -3.40. The first kappa shape index (κ1) is 21.6. The number of hydrogen-bond acceptors (Lipinski definition) is 5. The molecule has 148 valence electrons. The molecular weight excluding hydrogens is 358 g/mol. The highest BCUT2D eigenvalue weighted by molar-refractivity contribution is 6.01. The van der Waals surface area contributed by atoms with Gasteiger partial charge in [-0.25, -0.2) is 10.3 Å². The van der Waals surface area contributed by atoms with Crippen LogP contribution in [0.15, 0.2) is 53.6 Å². The molecule has 2 aromatic rings. The highest BCUT2D eigenvalue weighted by Crippen LogP contribution is 2.19. The van der Waals surface area contributed by atoms with Crippen LogP contribution in [0.4, 0.5) is 25.0 Å². The molecule has 2 amide bonds. The van der Waals surface area contributed by atoms with Crippen LogP contribution in [-0.2, 0) is 0 Å². The van der Waals surface area contributed by atoms with E-state index in [1.165, 1.54) is 36.4 Å². The van der Waals surface area contributed by atoms with E-state index in [-0.39, 0.29) is 20.1 Å². The van der Waals surface area contributed by atoms with Gasteiger partial charge in [0.05, 0.1) is 0 Å². The van der Waals surface area contributed by atoms with Crippen LogP contribution in [0, 0.1) is 10.9 Å². The summed E-state index contributed by atoms with van der Waals surface area (Å²) in [5, 5.41) is 15.4. The number of rotatable bonds is 5. The molecule has 0 radical (unpaired) electrons.